The van der Waals surface area contributed by atoms with Crippen molar-refractivity contribution in [3.8, 4) is 0 Å². The van der Waals surface area contributed by atoms with Crippen molar-refractivity contribution >= 4 is 10.8 Å². The number of fused-ring (bicyclic) bond motifs is 2. The summed E-state index contributed by atoms with van der Waals surface area (Å²) in [7, 11) is 1.36. The molecule has 0 aromatic heterocycles. The van der Waals surface area contributed by atoms with Crippen molar-refractivity contribution in [3.63, 3.8) is 0 Å². The van der Waals surface area contributed by atoms with Gasteiger partial charge in [-0.05, 0) is 26.3 Å². The maximum atomic E-state index is 11.8. The second kappa shape index (κ2) is 3.30. The van der Waals surface area contributed by atoms with Gasteiger partial charge in [0.1, 0.15) is 0 Å². The molecule has 2 nitrogen and oxygen atoms in total. The molecule has 2 aliphatic heterocycles. The molecule has 68 valence electrons. The first-order chi connectivity index (χ1) is 5.83. The van der Waals surface area contributed by atoms with Gasteiger partial charge >= 0.3 is 0 Å². The number of rotatable bonds is 1. The van der Waals surface area contributed by atoms with Gasteiger partial charge in [-0.1, -0.05) is 12.2 Å². The van der Waals surface area contributed by atoms with E-state index in [0.717, 1.165) is 12.8 Å². The van der Waals surface area contributed by atoms with Gasteiger partial charge in [0, 0.05) is 16.8 Å². The Hall–Kier alpha value is -0.150. The van der Waals surface area contributed by atoms with Crippen molar-refractivity contribution in [1.29, 1.82) is 0 Å². The maximum Gasteiger partial charge on any atom is 0.0541 e. The van der Waals surface area contributed by atoms with Crippen LogP contribution in [0, 0.1) is 0 Å². The van der Waals surface area contributed by atoms with Gasteiger partial charge in [-0.3, -0.25) is 4.21 Å². The highest BCUT2D eigenvalue weighted by molar-refractivity contribution is 7.86. The molecule has 2 heterocycles. The van der Waals surface area contributed by atoms with Crippen LogP contribution in [0.15, 0.2) is 12.2 Å². The Balaban J connectivity index is 2.20. The predicted octanol–water partition coefficient (Wildman–Crippen LogP) is 0.814. The first kappa shape index (κ1) is 8.45. The molecule has 0 aromatic rings. The third-order valence-electron chi connectivity index (χ3n) is 2.90. The van der Waals surface area contributed by atoms with E-state index in [0.29, 0.717) is 16.5 Å². The summed E-state index contributed by atoms with van der Waals surface area (Å²) in [5.74, 6) is 0. The second-order valence-electron chi connectivity index (χ2n) is 3.54. The minimum atomic E-state index is -0.615. The lowest BCUT2D eigenvalue weighted by molar-refractivity contribution is 0.452. The second-order valence-corrected chi connectivity index (χ2v) is 5.41. The standard InChI is InChI=1S/C9H15NOS/c1-10-8-6-5-7-3-2-4-9(8)12(7)11/h2-3,7-10H,4-6H2,1H3/t7-,8+,9+,12?/m0/s1. The molecule has 12 heavy (non-hydrogen) atoms. The summed E-state index contributed by atoms with van der Waals surface area (Å²) in [6.45, 7) is 0. The van der Waals surface area contributed by atoms with Crippen LogP contribution >= 0.6 is 0 Å². The Labute approximate surface area is 75.9 Å². The van der Waals surface area contributed by atoms with E-state index in [1.165, 1.54) is 6.42 Å². The molecule has 0 spiro atoms. The van der Waals surface area contributed by atoms with Crippen molar-refractivity contribution in [2.45, 2.75) is 35.8 Å². The van der Waals surface area contributed by atoms with Gasteiger partial charge in [-0.2, -0.15) is 0 Å². The zero-order chi connectivity index (χ0) is 8.55. The molecule has 0 aliphatic carbocycles. The molecule has 0 saturated carbocycles. The van der Waals surface area contributed by atoms with Gasteiger partial charge in [0.05, 0.1) is 10.5 Å². The normalized spacial score (nSPS) is 46.1. The smallest absolute Gasteiger partial charge is 0.0541 e. The fourth-order valence-corrected chi connectivity index (χ4v) is 4.14. The largest absolute Gasteiger partial charge is 0.316 e. The van der Waals surface area contributed by atoms with Crippen LogP contribution in [0.4, 0.5) is 0 Å². The molecule has 1 fully saturated rings. The SMILES string of the molecule is CN[C@@H]1CC[C@@H]2C=CC[C@H]1S2=O. The van der Waals surface area contributed by atoms with Crippen molar-refractivity contribution in [1.82, 2.24) is 5.32 Å². The average Bonchev–Trinajstić information content (AvgIpc) is 2.04. The molecule has 1 unspecified atom stereocenters. The van der Waals surface area contributed by atoms with Crippen LogP contribution in [0.2, 0.25) is 0 Å². The van der Waals surface area contributed by atoms with Gasteiger partial charge in [0.15, 0.2) is 0 Å². The van der Waals surface area contributed by atoms with Gasteiger partial charge in [-0.25, -0.2) is 0 Å². The third-order valence-corrected chi connectivity index (χ3v) is 5.01. The van der Waals surface area contributed by atoms with Crippen LogP contribution in [-0.4, -0.2) is 27.8 Å². The quantitative estimate of drug-likeness (QED) is 0.613. The van der Waals surface area contributed by atoms with E-state index in [2.05, 4.69) is 17.5 Å². The molecule has 1 N–H and O–H groups in total. The third kappa shape index (κ3) is 1.25. The van der Waals surface area contributed by atoms with E-state index in [1.807, 2.05) is 7.05 Å². The number of nitrogens with one attached hydrogen (secondary N) is 1. The van der Waals surface area contributed by atoms with Crippen LogP contribution in [0.3, 0.4) is 0 Å². The lowest BCUT2D eigenvalue weighted by Crippen LogP contribution is -2.48. The Morgan fingerprint density at radius 3 is 3.08 bits per heavy atom. The fraction of sp³-hybridized carbons (Fsp3) is 0.778. The van der Waals surface area contributed by atoms with Crippen LogP contribution < -0.4 is 5.32 Å². The van der Waals surface area contributed by atoms with Crippen LogP contribution in [0.5, 0.6) is 0 Å². The van der Waals surface area contributed by atoms with Gasteiger partial charge in [-0.15, -0.1) is 0 Å². The summed E-state index contributed by atoms with van der Waals surface area (Å²) in [6, 6.07) is 0.479. The number of allylic oxidation sites excluding steroid dienone is 1. The predicted molar refractivity (Wildman–Crippen MR) is 51.6 cm³/mol. The van der Waals surface area contributed by atoms with E-state index in [-0.39, 0.29) is 0 Å². The lowest BCUT2D eigenvalue weighted by Gasteiger charge is -2.36. The van der Waals surface area contributed by atoms with E-state index in [1.54, 1.807) is 0 Å². The topological polar surface area (TPSA) is 29.1 Å². The minimum Gasteiger partial charge on any atom is -0.316 e. The van der Waals surface area contributed by atoms with Crippen molar-refractivity contribution in [2.24, 2.45) is 0 Å². The van der Waals surface area contributed by atoms with Crippen molar-refractivity contribution < 1.29 is 4.21 Å². The molecule has 2 aliphatic rings. The molecular weight excluding hydrogens is 170 g/mol. The van der Waals surface area contributed by atoms with Crippen molar-refractivity contribution in [2.75, 3.05) is 7.05 Å². The highest BCUT2D eigenvalue weighted by Gasteiger charge is 2.36. The molecule has 0 radical (unpaired) electrons. The average molecular weight is 185 g/mol. The molecule has 0 amide bonds. The molecule has 4 atom stereocenters. The van der Waals surface area contributed by atoms with Crippen LogP contribution in [0.25, 0.3) is 0 Å². The Kier molecular flexibility index (Phi) is 2.33. The molecule has 2 bridgehead atoms. The summed E-state index contributed by atoms with van der Waals surface area (Å²) in [6.07, 6.45) is 7.60. The Morgan fingerprint density at radius 1 is 1.50 bits per heavy atom. The van der Waals surface area contributed by atoms with Gasteiger partial charge in [0.2, 0.25) is 0 Å². The van der Waals surface area contributed by atoms with Crippen molar-refractivity contribution in [3.05, 3.63) is 12.2 Å². The monoisotopic (exact) mass is 185 g/mol. The summed E-state index contributed by atoms with van der Waals surface area (Å²) in [5.41, 5.74) is 0. The number of hydrogen-bond acceptors (Lipinski definition) is 2. The lowest BCUT2D eigenvalue weighted by atomic mass is 9.99. The molecule has 1 saturated heterocycles. The van der Waals surface area contributed by atoms with E-state index >= 15 is 0 Å². The molecule has 3 heteroatoms. The summed E-state index contributed by atoms with van der Waals surface area (Å²) >= 11 is 0. The Morgan fingerprint density at radius 2 is 2.33 bits per heavy atom. The Bertz CT molecular complexity index is 227. The summed E-state index contributed by atoms with van der Waals surface area (Å²) in [5, 5.41) is 3.99. The van der Waals surface area contributed by atoms with Crippen LogP contribution in [-0.2, 0) is 10.8 Å². The molecule has 2 rings (SSSR count). The highest BCUT2D eigenvalue weighted by atomic mass is 32.2. The first-order valence-corrected chi connectivity index (χ1v) is 5.84. The zero-order valence-electron chi connectivity index (χ0n) is 7.32. The fourth-order valence-electron chi connectivity index (χ4n) is 2.16. The van der Waals surface area contributed by atoms with Gasteiger partial charge in [0.25, 0.3) is 0 Å². The first-order valence-electron chi connectivity index (χ1n) is 4.56. The minimum absolute atomic E-state index is 0.355. The van der Waals surface area contributed by atoms with Gasteiger partial charge < -0.3 is 5.32 Å². The summed E-state index contributed by atoms with van der Waals surface area (Å²) < 4.78 is 11.8. The maximum absolute atomic E-state index is 11.8. The zero-order valence-corrected chi connectivity index (χ0v) is 8.14. The number of hydrogen-bond donors (Lipinski definition) is 1. The molecular formula is C9H15NOS. The van der Waals surface area contributed by atoms with Crippen LogP contribution in [0.1, 0.15) is 19.3 Å². The van der Waals surface area contributed by atoms with E-state index in [9.17, 15) is 4.21 Å². The molecule has 0 aromatic carbocycles. The van der Waals surface area contributed by atoms with E-state index in [4.69, 9.17) is 0 Å². The summed E-state index contributed by atoms with van der Waals surface area (Å²) in [4.78, 5) is 0. The van der Waals surface area contributed by atoms with E-state index < -0.39 is 10.8 Å². The highest BCUT2D eigenvalue weighted by Crippen LogP contribution is 2.29.